The average molecular weight is 549 g/mol. The second-order valence-electron chi connectivity index (χ2n) is 11.2. The van der Waals surface area contributed by atoms with Gasteiger partial charge in [0.1, 0.15) is 17.7 Å². The number of carbonyl (C=O) groups is 4. The molecule has 3 amide bonds. The molecule has 0 radical (unpaired) electrons. The van der Waals surface area contributed by atoms with Gasteiger partial charge in [-0.2, -0.15) is 0 Å². The highest BCUT2D eigenvalue weighted by atomic mass is 16.6. The minimum Gasteiger partial charge on any atom is -0.444 e. The van der Waals surface area contributed by atoms with Gasteiger partial charge in [0, 0.05) is 38.0 Å². The molecule has 1 aliphatic heterocycles. The number of carbonyl (C=O) groups excluding carboxylic acids is 4. The Morgan fingerprint density at radius 1 is 1.12 bits per heavy atom. The highest BCUT2D eigenvalue weighted by molar-refractivity contribution is 5.93. The maximum Gasteiger partial charge on any atom is 0.411 e. The molecule has 0 bridgehead atoms. The maximum atomic E-state index is 13.8. The van der Waals surface area contributed by atoms with Crippen molar-refractivity contribution in [1.82, 2.24) is 19.7 Å². The third-order valence-corrected chi connectivity index (χ3v) is 6.82. The molecule has 2 aromatic carbocycles. The van der Waals surface area contributed by atoms with Gasteiger partial charge in [0.05, 0.1) is 18.2 Å². The van der Waals surface area contributed by atoms with Crippen molar-refractivity contribution in [2.24, 2.45) is 0 Å². The maximum absolute atomic E-state index is 13.8. The number of aromatic nitrogens is 1. The number of rotatable bonds is 8. The number of fused-ring (bicyclic) bond motifs is 1. The van der Waals surface area contributed by atoms with Gasteiger partial charge >= 0.3 is 6.09 Å². The Hall–Kier alpha value is -4.18. The monoisotopic (exact) mass is 548 g/mol. The summed E-state index contributed by atoms with van der Waals surface area (Å²) >= 11 is 0. The van der Waals surface area contributed by atoms with E-state index in [-0.39, 0.29) is 25.3 Å². The van der Waals surface area contributed by atoms with Crippen LogP contribution in [-0.2, 0) is 32.1 Å². The van der Waals surface area contributed by atoms with E-state index < -0.39 is 35.8 Å². The number of ether oxygens (including phenoxy) is 1. The summed E-state index contributed by atoms with van der Waals surface area (Å²) in [5.41, 5.74) is 1.55. The summed E-state index contributed by atoms with van der Waals surface area (Å²) < 4.78 is 6.90. The number of aliphatic hydroxyl groups excluding tert-OH is 1. The molecule has 0 aliphatic carbocycles. The van der Waals surface area contributed by atoms with Crippen LogP contribution in [0, 0.1) is 0 Å². The highest BCUT2D eigenvalue weighted by Crippen LogP contribution is 2.24. The number of nitrogens with zero attached hydrogens (tertiary/aromatic N) is 3. The van der Waals surface area contributed by atoms with E-state index in [0.717, 1.165) is 10.9 Å². The first-order valence-electron chi connectivity index (χ1n) is 13.3. The predicted molar refractivity (Wildman–Crippen MR) is 150 cm³/mol. The fraction of sp³-hybridized carbons (Fsp3) is 0.400. The number of hydrogen-bond donors (Lipinski definition) is 2. The summed E-state index contributed by atoms with van der Waals surface area (Å²) in [6, 6.07) is 14.8. The Kier molecular flexibility index (Phi) is 8.58. The number of nitrogens with one attached hydrogen (secondary N) is 1. The number of para-hydroxylation sites is 1. The molecular weight excluding hydrogens is 512 g/mol. The first-order chi connectivity index (χ1) is 19.0. The summed E-state index contributed by atoms with van der Waals surface area (Å²) in [4.78, 5) is 54.6. The van der Waals surface area contributed by atoms with Crippen LogP contribution in [-0.4, -0.2) is 81.2 Å². The minimum absolute atomic E-state index is 0.0241. The van der Waals surface area contributed by atoms with Crippen molar-refractivity contribution < 1.29 is 29.0 Å². The molecule has 3 aromatic rings. The van der Waals surface area contributed by atoms with Gasteiger partial charge in [0.2, 0.25) is 18.2 Å². The van der Waals surface area contributed by atoms with Crippen LogP contribution in [0.15, 0.2) is 60.8 Å². The molecule has 0 spiro atoms. The zero-order valence-electron chi connectivity index (χ0n) is 23.2. The number of amides is 3. The van der Waals surface area contributed by atoms with Crippen molar-refractivity contribution in [2.45, 2.75) is 63.9 Å². The Labute approximate surface area is 233 Å². The van der Waals surface area contributed by atoms with Crippen LogP contribution in [0.4, 0.5) is 4.79 Å². The second kappa shape index (κ2) is 11.9. The molecule has 1 aromatic heterocycles. The topological polar surface area (TPSA) is 121 Å². The fourth-order valence-corrected chi connectivity index (χ4v) is 5.00. The summed E-state index contributed by atoms with van der Waals surface area (Å²) in [7, 11) is 1.66. The lowest BCUT2D eigenvalue weighted by Gasteiger charge is -2.30. The average Bonchev–Trinajstić information content (AvgIpc) is 3.48. The first kappa shape index (κ1) is 28.8. The third kappa shape index (κ3) is 6.69. The van der Waals surface area contributed by atoms with Gasteiger partial charge in [-0.25, -0.2) is 4.79 Å². The zero-order chi connectivity index (χ0) is 29.0. The van der Waals surface area contributed by atoms with E-state index in [2.05, 4.69) is 5.32 Å². The van der Waals surface area contributed by atoms with Crippen molar-refractivity contribution in [3.63, 3.8) is 0 Å². The fourth-order valence-electron chi connectivity index (χ4n) is 5.00. The van der Waals surface area contributed by atoms with Crippen LogP contribution < -0.4 is 5.32 Å². The number of hydrogen-bond acceptors (Lipinski definition) is 6. The zero-order valence-corrected chi connectivity index (χ0v) is 23.2. The van der Waals surface area contributed by atoms with Crippen molar-refractivity contribution >= 4 is 35.2 Å². The van der Waals surface area contributed by atoms with Gasteiger partial charge < -0.3 is 20.1 Å². The predicted octanol–water partition coefficient (Wildman–Crippen LogP) is 2.74. The van der Waals surface area contributed by atoms with E-state index in [9.17, 15) is 24.3 Å². The number of likely N-dealkylation sites (N-methyl/N-ethyl adjacent to an activating group) is 1. The molecule has 40 heavy (non-hydrogen) atoms. The number of likely N-dealkylation sites (tertiary alicyclic amines) is 1. The molecule has 1 fully saturated rings. The van der Waals surface area contributed by atoms with Gasteiger partial charge in [-0.15, -0.1) is 0 Å². The molecule has 2 heterocycles. The Balaban J connectivity index is 1.61. The van der Waals surface area contributed by atoms with Crippen LogP contribution in [0.2, 0.25) is 0 Å². The molecule has 1 saturated heterocycles. The molecule has 1 aliphatic rings. The van der Waals surface area contributed by atoms with E-state index >= 15 is 0 Å². The smallest absolute Gasteiger partial charge is 0.411 e. The van der Waals surface area contributed by atoms with Gasteiger partial charge in [-0.1, -0.05) is 48.5 Å². The van der Waals surface area contributed by atoms with Crippen molar-refractivity contribution in [3.05, 3.63) is 71.9 Å². The van der Waals surface area contributed by atoms with Crippen LogP contribution >= 0.6 is 0 Å². The second-order valence-corrected chi connectivity index (χ2v) is 11.2. The summed E-state index contributed by atoms with van der Waals surface area (Å²) in [5.74, 6) is -0.893. The standard InChI is InChI=1S/C30H36N4O6/c1-30(2,3)40-29(39)34-18-22(36)15-26(34)27(37)31-24(28(38)32(4)16-20-10-6-5-7-11-20)14-21-17-33(19-35)25-13-9-8-12-23(21)25/h5-13,17,19,22,24,26,36H,14-16,18H2,1-4H3,(H,31,37)/t22-,24+,26+/m1/s1. The first-order valence-corrected chi connectivity index (χ1v) is 13.3. The van der Waals surface area contributed by atoms with Gasteiger partial charge in [-0.3, -0.25) is 23.9 Å². The molecule has 0 saturated carbocycles. The number of aliphatic hydroxyl groups is 1. The van der Waals surface area contributed by atoms with Crippen LogP contribution in [0.1, 0.15) is 38.3 Å². The van der Waals surface area contributed by atoms with E-state index in [1.54, 1.807) is 34.0 Å². The van der Waals surface area contributed by atoms with Gasteiger partial charge in [-0.05, 0) is 38.0 Å². The summed E-state index contributed by atoms with van der Waals surface area (Å²) in [5, 5.41) is 13.9. The van der Waals surface area contributed by atoms with E-state index in [1.165, 1.54) is 14.4 Å². The molecule has 4 rings (SSSR count). The molecular formula is C30H36N4O6. The molecule has 212 valence electrons. The molecule has 10 heteroatoms. The van der Waals surface area contributed by atoms with Crippen LogP contribution in [0.5, 0.6) is 0 Å². The molecule has 10 nitrogen and oxygen atoms in total. The lowest BCUT2D eigenvalue weighted by Crippen LogP contribution is -2.54. The quantitative estimate of drug-likeness (QED) is 0.418. The normalized spacial score (nSPS) is 17.9. The SMILES string of the molecule is CN(Cc1ccccc1)C(=O)[C@H](Cc1cn(C=O)c2ccccc12)NC(=O)[C@@H]1C[C@@H](O)CN1C(=O)OC(C)(C)C. The lowest BCUT2D eigenvalue weighted by atomic mass is 10.0. The highest BCUT2D eigenvalue weighted by Gasteiger charge is 2.42. The summed E-state index contributed by atoms with van der Waals surface area (Å²) in [6.07, 6.45) is 0.893. The van der Waals surface area contributed by atoms with Gasteiger partial charge in [0.15, 0.2) is 0 Å². The molecule has 3 atom stereocenters. The minimum atomic E-state index is -1.00. The Bertz CT molecular complexity index is 1380. The molecule has 2 N–H and O–H groups in total. The van der Waals surface area contributed by atoms with Crippen LogP contribution in [0.25, 0.3) is 10.9 Å². The third-order valence-electron chi connectivity index (χ3n) is 6.82. The van der Waals surface area contributed by atoms with Gasteiger partial charge in [0.25, 0.3) is 0 Å². The van der Waals surface area contributed by atoms with Crippen LogP contribution in [0.3, 0.4) is 0 Å². The number of benzene rings is 2. The summed E-state index contributed by atoms with van der Waals surface area (Å²) in [6.45, 7) is 5.44. The lowest BCUT2D eigenvalue weighted by molar-refractivity contribution is -0.137. The number of β-amino-alcohol motifs (C(OH)–C–C–N with tert-alkyl or cyclic N) is 1. The van der Waals surface area contributed by atoms with E-state index in [0.29, 0.717) is 24.0 Å². The van der Waals surface area contributed by atoms with Crippen molar-refractivity contribution in [3.8, 4) is 0 Å². The largest absolute Gasteiger partial charge is 0.444 e. The van der Waals surface area contributed by atoms with E-state index in [1.807, 2.05) is 54.6 Å². The van der Waals surface area contributed by atoms with Crippen molar-refractivity contribution in [1.29, 1.82) is 0 Å². The van der Waals surface area contributed by atoms with E-state index in [4.69, 9.17) is 4.74 Å². The Morgan fingerprint density at radius 3 is 2.48 bits per heavy atom. The van der Waals surface area contributed by atoms with Crippen molar-refractivity contribution in [2.75, 3.05) is 13.6 Å². The molecule has 0 unspecified atom stereocenters. The Morgan fingerprint density at radius 2 is 1.80 bits per heavy atom.